The highest BCUT2D eigenvalue weighted by Crippen LogP contribution is 2.14. The first kappa shape index (κ1) is 16.4. The van der Waals surface area contributed by atoms with Crippen LogP contribution in [0.15, 0.2) is 23.8 Å². The van der Waals surface area contributed by atoms with Gasteiger partial charge in [-0.25, -0.2) is 0 Å². The summed E-state index contributed by atoms with van der Waals surface area (Å²) in [4.78, 5) is 0. The van der Waals surface area contributed by atoms with Crippen LogP contribution in [-0.4, -0.2) is 19.5 Å². The summed E-state index contributed by atoms with van der Waals surface area (Å²) in [5, 5.41) is 0. The molecular formula is C15H28O2. The molecule has 0 aromatic heterocycles. The van der Waals surface area contributed by atoms with Crippen molar-refractivity contribution >= 4 is 0 Å². The number of rotatable bonds is 10. The summed E-state index contributed by atoms with van der Waals surface area (Å²) in [6.45, 7) is 14.0. The zero-order valence-corrected chi connectivity index (χ0v) is 11.9. The minimum absolute atomic E-state index is 0.222. The molecule has 0 aliphatic heterocycles. The smallest absolute Gasteiger partial charge is 0.179 e. The molecule has 100 valence electrons. The van der Waals surface area contributed by atoms with E-state index < -0.39 is 0 Å². The van der Waals surface area contributed by atoms with Gasteiger partial charge in [0.2, 0.25) is 0 Å². The van der Waals surface area contributed by atoms with Gasteiger partial charge in [-0.3, -0.25) is 0 Å². The average molecular weight is 240 g/mol. The second-order valence-corrected chi connectivity index (χ2v) is 4.55. The van der Waals surface area contributed by atoms with Crippen LogP contribution in [0.1, 0.15) is 53.4 Å². The Morgan fingerprint density at radius 3 is 2.06 bits per heavy atom. The lowest BCUT2D eigenvalue weighted by Gasteiger charge is -2.20. The molecule has 0 bridgehead atoms. The molecule has 0 aromatic rings. The topological polar surface area (TPSA) is 18.5 Å². The molecule has 0 aliphatic carbocycles. The van der Waals surface area contributed by atoms with E-state index in [0.29, 0.717) is 0 Å². The first-order valence-electron chi connectivity index (χ1n) is 6.66. The van der Waals surface area contributed by atoms with E-state index >= 15 is 0 Å². The first-order chi connectivity index (χ1) is 8.11. The SMILES string of the molecule is C=C(CCC=C(C)C)C(OCCC)OCCC. The minimum Gasteiger partial charge on any atom is -0.349 e. The fraction of sp³-hybridized carbons (Fsp3) is 0.733. The van der Waals surface area contributed by atoms with Crippen molar-refractivity contribution in [2.24, 2.45) is 0 Å². The summed E-state index contributed by atoms with van der Waals surface area (Å²) in [6, 6.07) is 0. The fourth-order valence-corrected chi connectivity index (χ4v) is 1.40. The van der Waals surface area contributed by atoms with Crippen LogP contribution in [0.4, 0.5) is 0 Å². The zero-order chi connectivity index (χ0) is 13.1. The highest BCUT2D eigenvalue weighted by atomic mass is 16.7. The van der Waals surface area contributed by atoms with Gasteiger partial charge in [0.1, 0.15) is 0 Å². The molecule has 0 saturated heterocycles. The van der Waals surface area contributed by atoms with Crippen LogP contribution in [-0.2, 0) is 9.47 Å². The maximum atomic E-state index is 5.67. The van der Waals surface area contributed by atoms with E-state index in [9.17, 15) is 0 Å². The van der Waals surface area contributed by atoms with Crippen molar-refractivity contribution in [1.29, 1.82) is 0 Å². The van der Waals surface area contributed by atoms with Gasteiger partial charge in [-0.1, -0.05) is 32.1 Å². The molecule has 0 N–H and O–H groups in total. The van der Waals surface area contributed by atoms with E-state index in [0.717, 1.165) is 44.5 Å². The summed E-state index contributed by atoms with van der Waals surface area (Å²) in [5.41, 5.74) is 2.39. The molecule has 0 atom stereocenters. The normalized spacial score (nSPS) is 10.6. The molecule has 0 aliphatic rings. The Kier molecular flexibility index (Phi) is 10.2. The van der Waals surface area contributed by atoms with Gasteiger partial charge in [-0.05, 0) is 45.1 Å². The van der Waals surface area contributed by atoms with Gasteiger partial charge in [0, 0.05) is 13.2 Å². The van der Waals surface area contributed by atoms with Crippen LogP contribution in [0.2, 0.25) is 0 Å². The Balaban J connectivity index is 4.06. The van der Waals surface area contributed by atoms with Crippen LogP contribution in [0.3, 0.4) is 0 Å². The Morgan fingerprint density at radius 2 is 1.65 bits per heavy atom. The molecule has 2 heteroatoms. The summed E-state index contributed by atoms with van der Waals surface area (Å²) >= 11 is 0. The van der Waals surface area contributed by atoms with Crippen LogP contribution >= 0.6 is 0 Å². The first-order valence-corrected chi connectivity index (χ1v) is 6.66. The Bertz CT molecular complexity index is 219. The second-order valence-electron chi connectivity index (χ2n) is 4.55. The lowest BCUT2D eigenvalue weighted by Crippen LogP contribution is -2.20. The van der Waals surface area contributed by atoms with Crippen molar-refractivity contribution in [3.05, 3.63) is 23.8 Å². The molecule has 0 aromatic carbocycles. The second kappa shape index (κ2) is 10.5. The minimum atomic E-state index is -0.222. The van der Waals surface area contributed by atoms with Crippen molar-refractivity contribution in [3.8, 4) is 0 Å². The molecule has 2 nitrogen and oxygen atoms in total. The largest absolute Gasteiger partial charge is 0.349 e. The lowest BCUT2D eigenvalue weighted by atomic mass is 10.1. The quantitative estimate of drug-likeness (QED) is 0.414. The standard InChI is InChI=1S/C15H28O2/c1-6-11-16-15(17-12-7-2)14(5)10-8-9-13(3)4/h9,15H,5-8,10-12H2,1-4H3. The Hall–Kier alpha value is -0.600. The maximum Gasteiger partial charge on any atom is 0.179 e. The fourth-order valence-electron chi connectivity index (χ4n) is 1.40. The van der Waals surface area contributed by atoms with E-state index in [-0.39, 0.29) is 6.29 Å². The summed E-state index contributed by atoms with van der Waals surface area (Å²) in [7, 11) is 0. The predicted molar refractivity (Wildman–Crippen MR) is 74.1 cm³/mol. The third-order valence-corrected chi connectivity index (χ3v) is 2.30. The average Bonchev–Trinajstić information content (AvgIpc) is 2.28. The van der Waals surface area contributed by atoms with Crippen molar-refractivity contribution < 1.29 is 9.47 Å². The van der Waals surface area contributed by atoms with Crippen LogP contribution in [0.25, 0.3) is 0 Å². The summed E-state index contributed by atoms with van der Waals surface area (Å²) in [6.07, 6.45) is 5.97. The number of hydrogen-bond donors (Lipinski definition) is 0. The number of hydrogen-bond acceptors (Lipinski definition) is 2. The van der Waals surface area contributed by atoms with Crippen LogP contribution < -0.4 is 0 Å². The number of ether oxygens (including phenoxy) is 2. The third-order valence-electron chi connectivity index (χ3n) is 2.30. The molecule has 0 amide bonds. The third kappa shape index (κ3) is 9.13. The molecule has 0 saturated carbocycles. The van der Waals surface area contributed by atoms with E-state index in [1.165, 1.54) is 5.57 Å². The summed E-state index contributed by atoms with van der Waals surface area (Å²) < 4.78 is 11.3. The molecule has 0 unspecified atom stereocenters. The van der Waals surface area contributed by atoms with Gasteiger partial charge in [0.15, 0.2) is 6.29 Å². The van der Waals surface area contributed by atoms with E-state index in [1.54, 1.807) is 0 Å². The van der Waals surface area contributed by atoms with E-state index in [2.05, 4.69) is 40.3 Å². The lowest BCUT2D eigenvalue weighted by molar-refractivity contribution is -0.119. The molecule has 17 heavy (non-hydrogen) atoms. The van der Waals surface area contributed by atoms with Gasteiger partial charge in [-0.2, -0.15) is 0 Å². The molecule has 0 spiro atoms. The summed E-state index contributed by atoms with van der Waals surface area (Å²) in [5.74, 6) is 0. The van der Waals surface area contributed by atoms with Gasteiger partial charge >= 0.3 is 0 Å². The highest BCUT2D eigenvalue weighted by Gasteiger charge is 2.12. The molecule has 0 fully saturated rings. The maximum absolute atomic E-state index is 5.67. The molecule has 0 radical (unpaired) electrons. The Labute approximate surface area is 107 Å². The van der Waals surface area contributed by atoms with Gasteiger partial charge in [-0.15, -0.1) is 0 Å². The van der Waals surface area contributed by atoms with Crippen molar-refractivity contribution in [1.82, 2.24) is 0 Å². The predicted octanol–water partition coefficient (Wildman–Crippen LogP) is 4.47. The zero-order valence-electron chi connectivity index (χ0n) is 11.9. The van der Waals surface area contributed by atoms with Gasteiger partial charge in [0.25, 0.3) is 0 Å². The van der Waals surface area contributed by atoms with Crippen LogP contribution in [0.5, 0.6) is 0 Å². The highest BCUT2D eigenvalue weighted by molar-refractivity contribution is 5.02. The number of allylic oxidation sites excluding steroid dienone is 2. The van der Waals surface area contributed by atoms with Crippen LogP contribution in [0, 0.1) is 0 Å². The van der Waals surface area contributed by atoms with E-state index in [1.807, 2.05) is 0 Å². The van der Waals surface area contributed by atoms with Gasteiger partial charge in [0.05, 0.1) is 0 Å². The monoisotopic (exact) mass is 240 g/mol. The van der Waals surface area contributed by atoms with Crippen molar-refractivity contribution in [2.75, 3.05) is 13.2 Å². The van der Waals surface area contributed by atoms with E-state index in [4.69, 9.17) is 9.47 Å². The Morgan fingerprint density at radius 1 is 1.12 bits per heavy atom. The van der Waals surface area contributed by atoms with Crippen molar-refractivity contribution in [2.45, 2.75) is 59.7 Å². The van der Waals surface area contributed by atoms with Crippen molar-refractivity contribution in [3.63, 3.8) is 0 Å². The molecule has 0 heterocycles. The molecular weight excluding hydrogens is 212 g/mol. The van der Waals surface area contributed by atoms with Gasteiger partial charge < -0.3 is 9.47 Å². The molecule has 0 rings (SSSR count).